The highest BCUT2D eigenvalue weighted by Gasteiger charge is 2.35. The Labute approximate surface area is 108 Å². The number of urea groups is 1. The topological polar surface area (TPSA) is 60.9 Å². The molecule has 2 amide bonds. The SMILES string of the molecule is CCC1CCCCN1C(=O)N1CCC(C(=O)O)C1. The number of carbonyl (C=O) groups excluding carboxylic acids is 1. The summed E-state index contributed by atoms with van der Waals surface area (Å²) in [5.41, 5.74) is 0. The molecule has 0 saturated carbocycles. The fourth-order valence-corrected chi connectivity index (χ4v) is 2.99. The van der Waals surface area contributed by atoms with Crippen LogP contribution in [-0.4, -0.2) is 52.6 Å². The number of aliphatic carboxylic acids is 1. The van der Waals surface area contributed by atoms with Gasteiger partial charge in [0.05, 0.1) is 5.92 Å². The molecule has 2 aliphatic rings. The van der Waals surface area contributed by atoms with Crippen LogP contribution in [-0.2, 0) is 4.79 Å². The van der Waals surface area contributed by atoms with Crippen molar-refractivity contribution in [3.8, 4) is 0 Å². The molecule has 5 nitrogen and oxygen atoms in total. The number of likely N-dealkylation sites (tertiary alicyclic amines) is 2. The third kappa shape index (κ3) is 2.60. The van der Waals surface area contributed by atoms with Crippen LogP contribution in [0.5, 0.6) is 0 Å². The second-order valence-corrected chi connectivity index (χ2v) is 5.30. The minimum absolute atomic E-state index is 0.0466. The molecule has 2 rings (SSSR count). The lowest BCUT2D eigenvalue weighted by molar-refractivity contribution is -0.141. The first-order valence-corrected chi connectivity index (χ1v) is 6.91. The second-order valence-electron chi connectivity index (χ2n) is 5.30. The molecular formula is C13H22N2O3. The number of hydrogen-bond donors (Lipinski definition) is 1. The van der Waals surface area contributed by atoms with Gasteiger partial charge in [-0.1, -0.05) is 6.92 Å². The fourth-order valence-electron chi connectivity index (χ4n) is 2.99. The fraction of sp³-hybridized carbons (Fsp3) is 0.846. The largest absolute Gasteiger partial charge is 0.481 e. The van der Waals surface area contributed by atoms with Gasteiger partial charge >= 0.3 is 12.0 Å². The summed E-state index contributed by atoms with van der Waals surface area (Å²) in [5.74, 6) is -1.16. The van der Waals surface area contributed by atoms with Crippen molar-refractivity contribution in [3.05, 3.63) is 0 Å². The predicted octanol–water partition coefficient (Wildman–Crippen LogP) is 1.78. The van der Waals surface area contributed by atoms with Crippen molar-refractivity contribution >= 4 is 12.0 Å². The van der Waals surface area contributed by atoms with Crippen molar-refractivity contribution in [2.45, 2.75) is 45.1 Å². The second kappa shape index (κ2) is 5.59. The molecule has 2 fully saturated rings. The van der Waals surface area contributed by atoms with Crippen molar-refractivity contribution in [2.75, 3.05) is 19.6 Å². The van der Waals surface area contributed by atoms with Crippen LogP contribution in [0.3, 0.4) is 0 Å². The maximum Gasteiger partial charge on any atom is 0.320 e. The third-order valence-electron chi connectivity index (χ3n) is 4.15. The number of piperidine rings is 1. The zero-order chi connectivity index (χ0) is 13.1. The summed E-state index contributed by atoms with van der Waals surface area (Å²) in [6.07, 6.45) is 4.92. The minimum atomic E-state index is -0.781. The van der Waals surface area contributed by atoms with E-state index in [1.165, 1.54) is 6.42 Å². The van der Waals surface area contributed by atoms with Crippen LogP contribution in [0.4, 0.5) is 4.79 Å². The van der Waals surface area contributed by atoms with Crippen LogP contribution in [0, 0.1) is 5.92 Å². The van der Waals surface area contributed by atoms with Crippen LogP contribution in [0.15, 0.2) is 0 Å². The molecule has 18 heavy (non-hydrogen) atoms. The molecule has 0 aromatic rings. The number of carboxylic acid groups (broad SMARTS) is 1. The Morgan fingerprint density at radius 2 is 2.00 bits per heavy atom. The van der Waals surface area contributed by atoms with Gasteiger partial charge in [-0.2, -0.15) is 0 Å². The van der Waals surface area contributed by atoms with Crippen LogP contribution in [0.25, 0.3) is 0 Å². The Morgan fingerprint density at radius 1 is 1.22 bits per heavy atom. The summed E-state index contributed by atoms with van der Waals surface area (Å²) in [6.45, 7) is 3.90. The van der Waals surface area contributed by atoms with E-state index in [1.54, 1.807) is 4.90 Å². The Hall–Kier alpha value is -1.26. The van der Waals surface area contributed by atoms with Crippen molar-refractivity contribution in [3.63, 3.8) is 0 Å². The Balaban J connectivity index is 1.96. The van der Waals surface area contributed by atoms with Gasteiger partial charge in [0.25, 0.3) is 0 Å². The molecule has 2 aliphatic heterocycles. The number of carbonyl (C=O) groups is 2. The number of amides is 2. The van der Waals surface area contributed by atoms with Crippen molar-refractivity contribution in [1.29, 1.82) is 0 Å². The quantitative estimate of drug-likeness (QED) is 0.817. The summed E-state index contributed by atoms with van der Waals surface area (Å²) >= 11 is 0. The van der Waals surface area contributed by atoms with Crippen molar-refractivity contribution < 1.29 is 14.7 Å². The number of nitrogens with zero attached hydrogens (tertiary/aromatic N) is 2. The first-order valence-electron chi connectivity index (χ1n) is 6.91. The molecule has 0 aliphatic carbocycles. The maximum absolute atomic E-state index is 12.4. The van der Waals surface area contributed by atoms with Gasteiger partial charge in [-0.3, -0.25) is 4.79 Å². The van der Waals surface area contributed by atoms with E-state index in [9.17, 15) is 9.59 Å². The highest BCUT2D eigenvalue weighted by Crippen LogP contribution is 2.24. The first-order chi connectivity index (χ1) is 8.63. The standard InChI is InChI=1S/C13H22N2O3/c1-2-11-5-3-4-7-15(11)13(18)14-8-6-10(9-14)12(16)17/h10-11H,2-9H2,1H3,(H,16,17). The summed E-state index contributed by atoms with van der Waals surface area (Å²) in [7, 11) is 0. The summed E-state index contributed by atoms with van der Waals surface area (Å²) in [4.78, 5) is 27.0. The number of carboxylic acids is 1. The predicted molar refractivity (Wildman–Crippen MR) is 67.3 cm³/mol. The van der Waals surface area contributed by atoms with Crippen LogP contribution >= 0.6 is 0 Å². The lowest BCUT2D eigenvalue weighted by Crippen LogP contribution is -2.49. The normalized spacial score (nSPS) is 28.5. The van der Waals surface area contributed by atoms with Crippen molar-refractivity contribution in [2.24, 2.45) is 5.92 Å². The van der Waals surface area contributed by atoms with Crippen LogP contribution in [0.1, 0.15) is 39.0 Å². The molecule has 2 heterocycles. The highest BCUT2D eigenvalue weighted by molar-refractivity contribution is 5.77. The Morgan fingerprint density at radius 3 is 2.61 bits per heavy atom. The van der Waals surface area contributed by atoms with E-state index in [2.05, 4.69) is 6.92 Å². The average molecular weight is 254 g/mol. The van der Waals surface area contributed by atoms with Crippen LogP contribution < -0.4 is 0 Å². The van der Waals surface area contributed by atoms with E-state index in [4.69, 9.17) is 5.11 Å². The third-order valence-corrected chi connectivity index (χ3v) is 4.15. The van der Waals surface area contributed by atoms with Gasteiger partial charge in [0.1, 0.15) is 0 Å². The van der Waals surface area contributed by atoms with Crippen LogP contribution in [0.2, 0.25) is 0 Å². The number of rotatable bonds is 2. The van der Waals surface area contributed by atoms with Gasteiger partial charge < -0.3 is 14.9 Å². The summed E-state index contributed by atoms with van der Waals surface area (Å²) < 4.78 is 0. The molecule has 102 valence electrons. The van der Waals surface area contributed by atoms with Gasteiger partial charge in [0.2, 0.25) is 0 Å². The Kier molecular flexibility index (Phi) is 4.09. The van der Waals surface area contributed by atoms with Crippen molar-refractivity contribution in [1.82, 2.24) is 9.80 Å². The van der Waals surface area contributed by atoms with Gasteiger partial charge in [0, 0.05) is 25.7 Å². The molecule has 0 bridgehead atoms. The lowest BCUT2D eigenvalue weighted by atomic mass is 10.0. The molecular weight excluding hydrogens is 232 g/mol. The van der Waals surface area contributed by atoms with E-state index >= 15 is 0 Å². The van der Waals surface area contributed by atoms with E-state index in [1.807, 2.05) is 4.90 Å². The summed E-state index contributed by atoms with van der Waals surface area (Å²) in [5, 5.41) is 8.97. The number of hydrogen-bond acceptors (Lipinski definition) is 2. The van der Waals surface area contributed by atoms with E-state index in [0.29, 0.717) is 25.6 Å². The molecule has 5 heteroatoms. The van der Waals surface area contributed by atoms with Gasteiger partial charge in [-0.15, -0.1) is 0 Å². The zero-order valence-electron chi connectivity index (χ0n) is 11.0. The summed E-state index contributed by atoms with van der Waals surface area (Å²) in [6, 6.07) is 0.389. The molecule has 0 aromatic heterocycles. The Bertz CT molecular complexity index is 332. The van der Waals surface area contributed by atoms with E-state index < -0.39 is 5.97 Å². The smallest absolute Gasteiger partial charge is 0.320 e. The highest BCUT2D eigenvalue weighted by atomic mass is 16.4. The minimum Gasteiger partial charge on any atom is -0.481 e. The van der Waals surface area contributed by atoms with E-state index in [0.717, 1.165) is 25.8 Å². The molecule has 1 N–H and O–H groups in total. The molecule has 0 spiro atoms. The van der Waals surface area contributed by atoms with Gasteiger partial charge in [-0.05, 0) is 32.1 Å². The zero-order valence-corrected chi connectivity index (χ0v) is 11.0. The molecule has 2 unspecified atom stereocenters. The monoisotopic (exact) mass is 254 g/mol. The molecule has 0 aromatic carbocycles. The van der Waals surface area contributed by atoms with E-state index in [-0.39, 0.29) is 11.9 Å². The van der Waals surface area contributed by atoms with Gasteiger partial charge in [0.15, 0.2) is 0 Å². The average Bonchev–Trinajstić information content (AvgIpc) is 2.87. The van der Waals surface area contributed by atoms with Gasteiger partial charge in [-0.25, -0.2) is 4.79 Å². The molecule has 0 radical (unpaired) electrons. The lowest BCUT2D eigenvalue weighted by Gasteiger charge is -2.37. The molecule has 2 atom stereocenters. The maximum atomic E-state index is 12.4. The molecule has 2 saturated heterocycles. The first kappa shape index (κ1) is 13.2.